The van der Waals surface area contributed by atoms with Crippen LogP contribution >= 0.6 is 23.1 Å². The molecule has 0 radical (unpaired) electrons. The molecule has 1 amide bonds. The van der Waals surface area contributed by atoms with Crippen molar-refractivity contribution in [3.05, 3.63) is 29.3 Å². The van der Waals surface area contributed by atoms with Gasteiger partial charge in [0.05, 0.1) is 12.9 Å². The van der Waals surface area contributed by atoms with Crippen LogP contribution in [0.2, 0.25) is 0 Å². The molecule has 0 bridgehead atoms. The zero-order chi connectivity index (χ0) is 17.5. The number of hydrogen-bond acceptors (Lipinski definition) is 8. The van der Waals surface area contributed by atoms with Crippen LogP contribution in [0.25, 0.3) is 0 Å². The molecule has 0 atom stereocenters. The average molecular weight is 367 g/mol. The maximum atomic E-state index is 11.9. The van der Waals surface area contributed by atoms with Crippen molar-refractivity contribution in [2.24, 2.45) is 0 Å². The molecule has 1 N–H and O–H groups in total. The molecule has 1 aromatic heterocycles. The summed E-state index contributed by atoms with van der Waals surface area (Å²) in [6.07, 6.45) is 0. The van der Waals surface area contributed by atoms with Gasteiger partial charge in [0, 0.05) is 0 Å². The highest BCUT2D eigenvalue weighted by atomic mass is 32.2. The molecule has 128 valence electrons. The Morgan fingerprint density at radius 1 is 1.21 bits per heavy atom. The molecule has 24 heavy (non-hydrogen) atoms. The molecule has 7 nitrogen and oxygen atoms in total. The molecule has 9 heteroatoms. The highest BCUT2D eigenvalue weighted by Crippen LogP contribution is 2.25. The fourth-order valence-corrected chi connectivity index (χ4v) is 3.42. The van der Waals surface area contributed by atoms with E-state index < -0.39 is 0 Å². The first kappa shape index (κ1) is 18.2. The monoisotopic (exact) mass is 367 g/mol. The number of anilines is 1. The summed E-state index contributed by atoms with van der Waals surface area (Å²) in [4.78, 5) is 23.0. The van der Waals surface area contributed by atoms with Crippen LogP contribution in [-0.4, -0.2) is 41.5 Å². The third-order valence-electron chi connectivity index (χ3n) is 2.76. The lowest BCUT2D eigenvalue weighted by atomic mass is 10.1. The molecule has 0 aliphatic heterocycles. The van der Waals surface area contributed by atoms with Gasteiger partial charge >= 0.3 is 5.97 Å². The number of ether oxygens (including phenoxy) is 2. The maximum absolute atomic E-state index is 11.9. The van der Waals surface area contributed by atoms with Crippen molar-refractivity contribution >= 4 is 40.1 Å². The number of nitrogens with zero attached hydrogens (tertiary/aromatic N) is 2. The highest BCUT2D eigenvalue weighted by Gasteiger charge is 2.11. The Hall–Kier alpha value is -2.13. The zero-order valence-corrected chi connectivity index (χ0v) is 15.1. The Balaban J connectivity index is 1.82. The molecule has 0 saturated heterocycles. The molecule has 0 spiro atoms. The predicted octanol–water partition coefficient (Wildman–Crippen LogP) is 2.44. The van der Waals surface area contributed by atoms with Gasteiger partial charge in [-0.1, -0.05) is 29.2 Å². The van der Waals surface area contributed by atoms with Crippen molar-refractivity contribution < 1.29 is 19.1 Å². The van der Waals surface area contributed by atoms with E-state index in [1.54, 1.807) is 0 Å². The number of rotatable bonds is 7. The topological polar surface area (TPSA) is 90.4 Å². The van der Waals surface area contributed by atoms with Gasteiger partial charge in [-0.2, -0.15) is 0 Å². The summed E-state index contributed by atoms with van der Waals surface area (Å²) in [5.41, 5.74) is 2.14. The minimum atomic E-state index is -0.345. The number of benzene rings is 1. The number of nitrogens with one attached hydrogen (secondary N) is 1. The predicted molar refractivity (Wildman–Crippen MR) is 92.7 cm³/mol. The Bertz CT molecular complexity index is 713. The lowest BCUT2D eigenvalue weighted by Gasteiger charge is -2.07. The minimum absolute atomic E-state index is 0.118. The zero-order valence-electron chi connectivity index (χ0n) is 13.5. The minimum Gasteiger partial charge on any atom is -0.484 e. The first-order valence-corrected chi connectivity index (χ1v) is 8.80. The quantitative estimate of drug-likeness (QED) is 0.456. The van der Waals surface area contributed by atoms with Crippen LogP contribution in [0.15, 0.2) is 22.5 Å². The molecular formula is C15H17N3O4S2. The van der Waals surface area contributed by atoms with Gasteiger partial charge in [0.1, 0.15) is 5.75 Å². The van der Waals surface area contributed by atoms with Crippen LogP contribution in [0, 0.1) is 13.8 Å². The van der Waals surface area contributed by atoms with Crippen LogP contribution < -0.4 is 10.1 Å². The number of aromatic nitrogens is 2. The standard InChI is InChI=1S/C15H17N3O4S2/c1-9-4-10(2)6-11(5-9)22-7-12(19)16-14-17-18-15(24-14)23-8-13(20)21-3/h4-6H,7-8H2,1-3H3,(H,16,17,19). The second-order valence-corrected chi connectivity index (χ2v) is 7.10. The maximum Gasteiger partial charge on any atom is 0.316 e. The second kappa shape index (κ2) is 8.65. The summed E-state index contributed by atoms with van der Waals surface area (Å²) in [6.45, 7) is 3.82. The molecule has 0 aliphatic rings. The molecular weight excluding hydrogens is 350 g/mol. The number of aryl methyl sites for hydroxylation is 2. The fourth-order valence-electron chi connectivity index (χ4n) is 1.82. The van der Waals surface area contributed by atoms with Crippen LogP contribution in [0.1, 0.15) is 11.1 Å². The average Bonchev–Trinajstić information content (AvgIpc) is 2.97. The summed E-state index contributed by atoms with van der Waals surface area (Å²) >= 11 is 2.39. The summed E-state index contributed by atoms with van der Waals surface area (Å²) < 4.78 is 10.6. The van der Waals surface area contributed by atoms with E-state index in [1.807, 2.05) is 32.0 Å². The molecule has 2 aromatic rings. The first-order chi connectivity index (χ1) is 11.5. The number of carbonyl (C=O) groups is 2. The van der Waals surface area contributed by atoms with E-state index in [1.165, 1.54) is 30.2 Å². The van der Waals surface area contributed by atoms with Gasteiger partial charge in [0.15, 0.2) is 10.9 Å². The van der Waals surface area contributed by atoms with E-state index >= 15 is 0 Å². The SMILES string of the molecule is COC(=O)CSc1nnc(NC(=O)COc2cc(C)cc(C)c2)s1. The first-order valence-electron chi connectivity index (χ1n) is 7.00. The Kier molecular flexibility index (Phi) is 6.56. The lowest BCUT2D eigenvalue weighted by Crippen LogP contribution is -2.20. The number of carbonyl (C=O) groups excluding carboxylic acids is 2. The Morgan fingerprint density at radius 3 is 2.58 bits per heavy atom. The molecule has 1 heterocycles. The van der Waals surface area contributed by atoms with Gasteiger partial charge in [-0.25, -0.2) is 0 Å². The van der Waals surface area contributed by atoms with E-state index in [0.717, 1.165) is 11.1 Å². The van der Waals surface area contributed by atoms with E-state index in [0.29, 0.717) is 15.2 Å². The van der Waals surface area contributed by atoms with Crippen molar-refractivity contribution in [2.75, 3.05) is 24.8 Å². The normalized spacial score (nSPS) is 10.3. The molecule has 0 aliphatic carbocycles. The second-order valence-electron chi connectivity index (χ2n) is 4.90. The third-order valence-corrected chi connectivity index (χ3v) is 4.70. The van der Waals surface area contributed by atoms with Crippen molar-refractivity contribution in [1.82, 2.24) is 10.2 Å². The summed E-state index contributed by atoms with van der Waals surface area (Å²) in [5.74, 6) is 0.126. The van der Waals surface area contributed by atoms with Gasteiger partial charge in [-0.15, -0.1) is 10.2 Å². The highest BCUT2D eigenvalue weighted by molar-refractivity contribution is 8.01. The molecule has 1 aromatic carbocycles. The van der Waals surface area contributed by atoms with Gasteiger partial charge in [0.25, 0.3) is 5.91 Å². The summed E-state index contributed by atoms with van der Waals surface area (Å²) in [7, 11) is 1.32. The van der Waals surface area contributed by atoms with E-state index in [4.69, 9.17) is 4.74 Å². The number of amides is 1. The van der Waals surface area contributed by atoms with Crippen LogP contribution in [-0.2, 0) is 14.3 Å². The largest absolute Gasteiger partial charge is 0.484 e. The molecule has 0 fully saturated rings. The van der Waals surface area contributed by atoms with Crippen LogP contribution in [0.3, 0.4) is 0 Å². The molecule has 2 rings (SSSR count). The van der Waals surface area contributed by atoms with Gasteiger partial charge < -0.3 is 9.47 Å². The summed E-state index contributed by atoms with van der Waals surface area (Å²) in [6, 6.07) is 5.77. The Labute approximate surface area is 147 Å². The van der Waals surface area contributed by atoms with Crippen molar-refractivity contribution in [2.45, 2.75) is 18.2 Å². The molecule has 0 unspecified atom stereocenters. The number of thioether (sulfide) groups is 1. The van der Waals surface area contributed by atoms with E-state index in [2.05, 4.69) is 20.3 Å². The van der Waals surface area contributed by atoms with Crippen LogP contribution in [0.4, 0.5) is 5.13 Å². The number of hydrogen-bond donors (Lipinski definition) is 1. The van der Waals surface area contributed by atoms with Gasteiger partial charge in [0.2, 0.25) is 5.13 Å². The van der Waals surface area contributed by atoms with Crippen molar-refractivity contribution in [1.29, 1.82) is 0 Å². The van der Waals surface area contributed by atoms with Crippen LogP contribution in [0.5, 0.6) is 5.75 Å². The van der Waals surface area contributed by atoms with Crippen molar-refractivity contribution in [3.63, 3.8) is 0 Å². The summed E-state index contributed by atoms with van der Waals surface area (Å²) in [5, 5.41) is 10.7. The lowest BCUT2D eigenvalue weighted by molar-refractivity contribution is -0.137. The smallest absolute Gasteiger partial charge is 0.316 e. The van der Waals surface area contributed by atoms with E-state index in [-0.39, 0.29) is 24.2 Å². The Morgan fingerprint density at radius 2 is 1.92 bits per heavy atom. The van der Waals surface area contributed by atoms with Gasteiger partial charge in [-0.3, -0.25) is 14.9 Å². The van der Waals surface area contributed by atoms with Crippen molar-refractivity contribution in [3.8, 4) is 5.75 Å². The van der Waals surface area contributed by atoms with Gasteiger partial charge in [-0.05, 0) is 37.1 Å². The number of esters is 1. The number of methoxy groups -OCH3 is 1. The molecule has 0 saturated carbocycles. The fraction of sp³-hybridized carbons (Fsp3) is 0.333. The van der Waals surface area contributed by atoms with E-state index in [9.17, 15) is 9.59 Å². The third kappa shape index (κ3) is 5.82.